The third-order valence-corrected chi connectivity index (χ3v) is 4.12. The third kappa shape index (κ3) is 2.40. The number of amides is 1. The summed E-state index contributed by atoms with van der Waals surface area (Å²) < 4.78 is 3.88. The highest BCUT2D eigenvalue weighted by molar-refractivity contribution is 7.08. The summed E-state index contributed by atoms with van der Waals surface area (Å²) in [4.78, 5) is 12.8. The molecular formula is C12H19N3O2S. The Bertz CT molecular complexity index is 441. The van der Waals surface area contributed by atoms with Gasteiger partial charge in [-0.2, -0.15) is 0 Å². The van der Waals surface area contributed by atoms with Crippen LogP contribution < -0.4 is 5.32 Å². The smallest absolute Gasteiger partial charge is 0.265 e. The highest BCUT2D eigenvalue weighted by Crippen LogP contribution is 2.32. The zero-order chi connectivity index (χ0) is 13.4. The van der Waals surface area contributed by atoms with Gasteiger partial charge in [0.1, 0.15) is 4.88 Å². The van der Waals surface area contributed by atoms with E-state index in [0.717, 1.165) is 36.5 Å². The van der Waals surface area contributed by atoms with Crippen molar-refractivity contribution in [3.05, 3.63) is 10.6 Å². The maximum Gasteiger partial charge on any atom is 0.265 e. The number of rotatable bonds is 3. The van der Waals surface area contributed by atoms with Crippen molar-refractivity contribution < 1.29 is 9.90 Å². The van der Waals surface area contributed by atoms with Gasteiger partial charge in [-0.3, -0.25) is 4.79 Å². The average Bonchev–Trinajstić information content (AvgIpc) is 2.71. The van der Waals surface area contributed by atoms with Crippen LogP contribution in [0.15, 0.2) is 0 Å². The van der Waals surface area contributed by atoms with Gasteiger partial charge in [0.05, 0.1) is 17.8 Å². The van der Waals surface area contributed by atoms with Crippen molar-refractivity contribution in [3.63, 3.8) is 0 Å². The maximum absolute atomic E-state index is 12.2. The lowest BCUT2D eigenvalue weighted by molar-refractivity contribution is 0.0643. The monoisotopic (exact) mass is 269 g/mol. The molecular weight excluding hydrogens is 250 g/mol. The second kappa shape index (κ2) is 4.59. The summed E-state index contributed by atoms with van der Waals surface area (Å²) in [5.41, 5.74) is 0.0967. The van der Waals surface area contributed by atoms with E-state index in [1.54, 1.807) is 0 Å². The first kappa shape index (κ1) is 13.4. The summed E-state index contributed by atoms with van der Waals surface area (Å²) in [5.74, 6) is -0.163. The quantitative estimate of drug-likeness (QED) is 0.871. The summed E-state index contributed by atoms with van der Waals surface area (Å²) in [6.45, 7) is 6.01. The number of aliphatic hydroxyl groups excluding tert-OH is 1. The molecule has 0 saturated heterocycles. The molecule has 0 bridgehead atoms. The molecule has 5 nitrogen and oxygen atoms in total. The lowest BCUT2D eigenvalue weighted by Crippen LogP contribution is -2.56. The zero-order valence-electron chi connectivity index (χ0n) is 11.0. The third-order valence-electron chi connectivity index (χ3n) is 3.40. The molecule has 1 fully saturated rings. The maximum atomic E-state index is 12.2. The van der Waals surface area contributed by atoms with E-state index in [9.17, 15) is 9.90 Å². The Hall–Kier alpha value is -1.01. The minimum Gasteiger partial charge on any atom is -0.394 e. The van der Waals surface area contributed by atoms with Gasteiger partial charge in [-0.1, -0.05) is 25.3 Å². The fraction of sp³-hybridized carbons (Fsp3) is 0.750. The van der Waals surface area contributed by atoms with Crippen LogP contribution in [0.5, 0.6) is 0 Å². The van der Waals surface area contributed by atoms with Crippen molar-refractivity contribution >= 4 is 17.4 Å². The van der Waals surface area contributed by atoms with E-state index >= 15 is 0 Å². The number of hydrogen-bond donors (Lipinski definition) is 2. The normalized spacial score (nSPS) is 18.2. The molecule has 18 heavy (non-hydrogen) atoms. The van der Waals surface area contributed by atoms with E-state index in [0.29, 0.717) is 4.88 Å². The van der Waals surface area contributed by atoms with Crippen molar-refractivity contribution in [2.75, 3.05) is 6.61 Å². The number of nitrogens with zero attached hydrogens (tertiary/aromatic N) is 2. The lowest BCUT2D eigenvalue weighted by Gasteiger charge is -2.40. The minimum atomic E-state index is -0.420. The van der Waals surface area contributed by atoms with Crippen LogP contribution >= 0.6 is 11.5 Å². The summed E-state index contributed by atoms with van der Waals surface area (Å²) in [6.07, 6.45) is 2.73. The topological polar surface area (TPSA) is 75.1 Å². The average molecular weight is 269 g/mol. The number of aliphatic hydroxyl groups is 1. The van der Waals surface area contributed by atoms with Crippen LogP contribution in [0.4, 0.5) is 0 Å². The first-order valence-corrected chi connectivity index (χ1v) is 6.91. The number of carbonyl (C=O) groups excluding carboxylic acids is 1. The van der Waals surface area contributed by atoms with Crippen LogP contribution in [-0.2, 0) is 5.41 Å². The van der Waals surface area contributed by atoms with Crippen LogP contribution in [-0.4, -0.2) is 32.7 Å². The van der Waals surface area contributed by atoms with Gasteiger partial charge in [-0.25, -0.2) is 0 Å². The van der Waals surface area contributed by atoms with E-state index in [1.165, 1.54) is 0 Å². The predicted molar refractivity (Wildman–Crippen MR) is 69.7 cm³/mol. The van der Waals surface area contributed by atoms with E-state index in [1.807, 2.05) is 20.8 Å². The molecule has 1 aromatic rings. The fourth-order valence-corrected chi connectivity index (χ4v) is 2.83. The van der Waals surface area contributed by atoms with Gasteiger partial charge in [0.15, 0.2) is 0 Å². The van der Waals surface area contributed by atoms with Crippen LogP contribution in [0.25, 0.3) is 0 Å². The molecule has 0 aliphatic heterocycles. The van der Waals surface area contributed by atoms with Crippen LogP contribution in [0, 0.1) is 0 Å². The molecule has 0 unspecified atom stereocenters. The minimum absolute atomic E-state index is 0.00414. The molecule has 0 aromatic carbocycles. The van der Waals surface area contributed by atoms with Crippen molar-refractivity contribution in [2.24, 2.45) is 0 Å². The molecule has 1 aromatic heterocycles. The number of nitrogens with one attached hydrogen (secondary N) is 1. The second-order valence-electron chi connectivity index (χ2n) is 5.95. The molecule has 1 saturated carbocycles. The molecule has 1 heterocycles. The Kier molecular flexibility index (Phi) is 3.42. The number of hydrogen-bond acceptors (Lipinski definition) is 5. The van der Waals surface area contributed by atoms with Gasteiger partial charge >= 0.3 is 0 Å². The lowest BCUT2D eigenvalue weighted by atomic mass is 9.77. The van der Waals surface area contributed by atoms with Crippen LogP contribution in [0.1, 0.15) is 55.4 Å². The standard InChI is InChI=1S/C12H19N3O2S/c1-11(2,3)9-8(18-15-14-9)10(17)13-12(7-16)5-4-6-12/h16H,4-7H2,1-3H3,(H,13,17). The largest absolute Gasteiger partial charge is 0.394 e. The Labute approximate surface area is 111 Å². The van der Waals surface area contributed by atoms with Gasteiger partial charge < -0.3 is 10.4 Å². The molecule has 1 aliphatic carbocycles. The molecule has 1 amide bonds. The van der Waals surface area contributed by atoms with E-state index in [-0.39, 0.29) is 17.9 Å². The van der Waals surface area contributed by atoms with Gasteiger partial charge in [-0.05, 0) is 30.8 Å². The second-order valence-corrected chi connectivity index (χ2v) is 6.70. The van der Waals surface area contributed by atoms with Crippen molar-refractivity contribution in [2.45, 2.75) is 51.0 Å². The molecule has 0 atom stereocenters. The molecule has 0 radical (unpaired) electrons. The molecule has 1 aliphatic rings. The van der Waals surface area contributed by atoms with Gasteiger partial charge in [0, 0.05) is 5.41 Å². The van der Waals surface area contributed by atoms with E-state index in [2.05, 4.69) is 14.9 Å². The zero-order valence-corrected chi connectivity index (χ0v) is 11.8. The summed E-state index contributed by atoms with van der Waals surface area (Å²) in [7, 11) is 0. The number of carbonyl (C=O) groups is 1. The van der Waals surface area contributed by atoms with Crippen molar-refractivity contribution in [3.8, 4) is 0 Å². The molecule has 2 N–H and O–H groups in total. The molecule has 100 valence electrons. The highest BCUT2D eigenvalue weighted by Gasteiger charge is 2.39. The SMILES string of the molecule is CC(C)(C)c1nnsc1C(=O)NC1(CO)CCC1. The Balaban J connectivity index is 2.17. The summed E-state index contributed by atoms with van der Waals surface area (Å²) >= 11 is 1.12. The number of aromatic nitrogens is 2. The Morgan fingerprint density at radius 2 is 2.17 bits per heavy atom. The van der Waals surface area contributed by atoms with E-state index in [4.69, 9.17) is 0 Å². The molecule has 6 heteroatoms. The first-order valence-electron chi connectivity index (χ1n) is 6.14. The summed E-state index contributed by atoms with van der Waals surface area (Å²) in [5, 5.41) is 16.4. The van der Waals surface area contributed by atoms with Crippen LogP contribution in [0.3, 0.4) is 0 Å². The highest BCUT2D eigenvalue weighted by atomic mass is 32.1. The fourth-order valence-electron chi connectivity index (χ4n) is 2.05. The van der Waals surface area contributed by atoms with E-state index < -0.39 is 5.54 Å². The van der Waals surface area contributed by atoms with Crippen LogP contribution in [0.2, 0.25) is 0 Å². The molecule has 2 rings (SSSR count). The first-order chi connectivity index (χ1) is 8.38. The molecule has 0 spiro atoms. The van der Waals surface area contributed by atoms with Gasteiger partial charge in [0.2, 0.25) is 0 Å². The predicted octanol–water partition coefficient (Wildman–Crippen LogP) is 1.48. The van der Waals surface area contributed by atoms with Gasteiger partial charge in [0.25, 0.3) is 5.91 Å². The Morgan fingerprint density at radius 1 is 1.50 bits per heavy atom. The summed E-state index contributed by atoms with van der Waals surface area (Å²) in [6, 6.07) is 0. The van der Waals surface area contributed by atoms with Crippen molar-refractivity contribution in [1.29, 1.82) is 0 Å². The van der Waals surface area contributed by atoms with Crippen molar-refractivity contribution in [1.82, 2.24) is 14.9 Å². The van der Waals surface area contributed by atoms with Gasteiger partial charge in [-0.15, -0.1) is 5.10 Å². The Morgan fingerprint density at radius 3 is 2.61 bits per heavy atom.